The SMILES string of the molecule is COC(=O)Nc1cccc(Oc2c(C)cc3c(c2C)CCC(C)(CCCC(C)CCCC(C)CCCC(C)C)O3)c1. The summed E-state index contributed by atoms with van der Waals surface area (Å²) in [6.07, 6.45) is 13.3. The number of amides is 1. The zero-order chi connectivity index (χ0) is 30.0. The molecule has 3 unspecified atom stereocenters. The van der Waals surface area contributed by atoms with E-state index in [9.17, 15) is 4.79 Å². The van der Waals surface area contributed by atoms with Crippen molar-refractivity contribution < 1.29 is 19.0 Å². The van der Waals surface area contributed by atoms with Crippen LogP contribution in [0, 0.1) is 31.6 Å². The van der Waals surface area contributed by atoms with Crippen LogP contribution in [0.5, 0.6) is 17.2 Å². The molecule has 5 nitrogen and oxygen atoms in total. The highest BCUT2D eigenvalue weighted by Crippen LogP contribution is 2.43. The van der Waals surface area contributed by atoms with Gasteiger partial charge in [0.25, 0.3) is 0 Å². The number of rotatable bonds is 15. The first kappa shape index (κ1) is 32.8. The van der Waals surface area contributed by atoms with Crippen LogP contribution in [0.3, 0.4) is 0 Å². The highest BCUT2D eigenvalue weighted by molar-refractivity contribution is 5.84. The predicted molar refractivity (Wildman–Crippen MR) is 171 cm³/mol. The molecule has 3 rings (SSSR count). The normalized spacial score (nSPS) is 17.9. The molecule has 2 aromatic carbocycles. The second-order valence-electron chi connectivity index (χ2n) is 13.3. The number of hydrogen-bond acceptors (Lipinski definition) is 4. The Labute approximate surface area is 249 Å². The van der Waals surface area contributed by atoms with Crippen molar-refractivity contribution in [2.45, 2.75) is 125 Å². The third-order valence-corrected chi connectivity index (χ3v) is 8.82. The third-order valence-electron chi connectivity index (χ3n) is 8.82. The van der Waals surface area contributed by atoms with Gasteiger partial charge in [0.2, 0.25) is 0 Å². The zero-order valence-corrected chi connectivity index (χ0v) is 27.0. The van der Waals surface area contributed by atoms with E-state index in [0.717, 1.165) is 59.6 Å². The summed E-state index contributed by atoms with van der Waals surface area (Å²) in [5, 5.41) is 2.69. The molecule has 3 atom stereocenters. The highest BCUT2D eigenvalue weighted by Gasteiger charge is 2.33. The number of anilines is 1. The van der Waals surface area contributed by atoms with Gasteiger partial charge in [-0.2, -0.15) is 0 Å². The van der Waals surface area contributed by atoms with E-state index < -0.39 is 6.09 Å². The van der Waals surface area contributed by atoms with Crippen LogP contribution in [0.25, 0.3) is 0 Å². The van der Waals surface area contributed by atoms with Crippen molar-refractivity contribution in [2.75, 3.05) is 12.4 Å². The van der Waals surface area contributed by atoms with Crippen LogP contribution in [-0.2, 0) is 11.2 Å². The van der Waals surface area contributed by atoms with Gasteiger partial charge in [0.15, 0.2) is 0 Å². The number of ether oxygens (including phenoxy) is 3. The maximum absolute atomic E-state index is 11.6. The summed E-state index contributed by atoms with van der Waals surface area (Å²) in [6, 6.07) is 9.50. The summed E-state index contributed by atoms with van der Waals surface area (Å²) in [7, 11) is 1.35. The van der Waals surface area contributed by atoms with Gasteiger partial charge in [-0.3, -0.25) is 5.32 Å². The number of aryl methyl sites for hydroxylation is 1. The fourth-order valence-electron chi connectivity index (χ4n) is 6.13. The summed E-state index contributed by atoms with van der Waals surface area (Å²) in [4.78, 5) is 11.6. The van der Waals surface area contributed by atoms with Gasteiger partial charge < -0.3 is 14.2 Å². The second-order valence-corrected chi connectivity index (χ2v) is 13.3. The summed E-state index contributed by atoms with van der Waals surface area (Å²) in [5.74, 6) is 5.00. The Balaban J connectivity index is 1.50. The number of carbonyl (C=O) groups is 1. The molecular formula is C36H55NO4. The molecular weight excluding hydrogens is 510 g/mol. The molecule has 228 valence electrons. The molecule has 1 heterocycles. The molecule has 0 radical (unpaired) electrons. The Bertz CT molecular complexity index is 1130. The number of fused-ring (bicyclic) bond motifs is 1. The quantitative estimate of drug-likeness (QED) is 0.233. The van der Waals surface area contributed by atoms with Crippen molar-refractivity contribution in [3.8, 4) is 17.2 Å². The molecule has 0 fully saturated rings. The molecule has 0 bridgehead atoms. The molecule has 1 aliphatic heterocycles. The lowest BCUT2D eigenvalue weighted by molar-refractivity contribution is 0.0520. The summed E-state index contributed by atoms with van der Waals surface area (Å²) in [5.41, 5.74) is 3.92. The van der Waals surface area contributed by atoms with E-state index in [1.165, 1.54) is 64.0 Å². The van der Waals surface area contributed by atoms with Crippen LogP contribution < -0.4 is 14.8 Å². The van der Waals surface area contributed by atoms with Gasteiger partial charge in [-0.15, -0.1) is 0 Å². The van der Waals surface area contributed by atoms with Crippen LogP contribution >= 0.6 is 0 Å². The molecule has 1 amide bonds. The lowest BCUT2D eigenvalue weighted by atomic mass is 9.85. The summed E-state index contributed by atoms with van der Waals surface area (Å²) < 4.78 is 17.7. The minimum atomic E-state index is -0.504. The Morgan fingerprint density at radius 2 is 1.63 bits per heavy atom. The second kappa shape index (κ2) is 15.5. The molecule has 2 aromatic rings. The first-order valence-corrected chi connectivity index (χ1v) is 15.9. The van der Waals surface area contributed by atoms with Crippen LogP contribution in [0.4, 0.5) is 10.5 Å². The first-order valence-electron chi connectivity index (χ1n) is 15.9. The standard InChI is InChI=1S/C36H55NO4/c1-25(2)13-9-14-26(3)15-10-16-27(4)17-12-21-36(7)22-20-32-29(6)34(28(5)23-33(32)41-36)40-31-19-11-18-30(24-31)37-35(38)39-8/h11,18-19,23-27H,9-10,12-17,20-22H2,1-8H3,(H,37,38). The van der Waals surface area contributed by atoms with Crippen LogP contribution in [0.15, 0.2) is 30.3 Å². The van der Waals surface area contributed by atoms with E-state index in [4.69, 9.17) is 14.2 Å². The molecule has 1 N–H and O–H groups in total. The number of benzene rings is 2. The molecule has 41 heavy (non-hydrogen) atoms. The van der Waals surface area contributed by atoms with E-state index in [2.05, 4.69) is 59.8 Å². The van der Waals surface area contributed by atoms with Gasteiger partial charge in [0, 0.05) is 17.3 Å². The Hall–Kier alpha value is -2.69. The Kier molecular flexibility index (Phi) is 12.4. The number of hydrogen-bond donors (Lipinski definition) is 1. The largest absolute Gasteiger partial charge is 0.487 e. The van der Waals surface area contributed by atoms with Crippen molar-refractivity contribution in [3.63, 3.8) is 0 Å². The smallest absolute Gasteiger partial charge is 0.411 e. The maximum Gasteiger partial charge on any atom is 0.411 e. The van der Waals surface area contributed by atoms with E-state index in [-0.39, 0.29) is 5.60 Å². The summed E-state index contributed by atoms with van der Waals surface area (Å²) >= 11 is 0. The monoisotopic (exact) mass is 565 g/mol. The van der Waals surface area contributed by atoms with Gasteiger partial charge in [0.05, 0.1) is 7.11 Å². The Morgan fingerprint density at radius 3 is 2.29 bits per heavy atom. The van der Waals surface area contributed by atoms with Crippen LogP contribution in [0.2, 0.25) is 0 Å². The number of methoxy groups -OCH3 is 1. The minimum Gasteiger partial charge on any atom is -0.487 e. The summed E-state index contributed by atoms with van der Waals surface area (Å²) in [6.45, 7) is 16.0. The molecule has 0 spiro atoms. The van der Waals surface area contributed by atoms with Crippen molar-refractivity contribution in [1.29, 1.82) is 0 Å². The topological polar surface area (TPSA) is 56.8 Å². The highest BCUT2D eigenvalue weighted by atomic mass is 16.5. The molecule has 0 saturated heterocycles. The van der Waals surface area contributed by atoms with Crippen LogP contribution in [0.1, 0.15) is 116 Å². The number of nitrogens with one attached hydrogen (secondary N) is 1. The van der Waals surface area contributed by atoms with Gasteiger partial charge in [-0.1, -0.05) is 78.7 Å². The van der Waals surface area contributed by atoms with Crippen LogP contribution in [-0.4, -0.2) is 18.8 Å². The van der Waals surface area contributed by atoms with Crippen molar-refractivity contribution >= 4 is 11.8 Å². The average molecular weight is 566 g/mol. The fraction of sp³-hybridized carbons (Fsp3) is 0.639. The molecule has 0 aromatic heterocycles. The molecule has 5 heteroatoms. The maximum atomic E-state index is 11.6. The van der Waals surface area contributed by atoms with Gasteiger partial charge >= 0.3 is 6.09 Å². The fourth-order valence-corrected chi connectivity index (χ4v) is 6.13. The Morgan fingerprint density at radius 1 is 0.976 bits per heavy atom. The zero-order valence-electron chi connectivity index (χ0n) is 27.0. The lowest BCUT2D eigenvalue weighted by Crippen LogP contribution is -2.36. The third kappa shape index (κ3) is 10.3. The first-order chi connectivity index (χ1) is 19.5. The lowest BCUT2D eigenvalue weighted by Gasteiger charge is -2.37. The van der Waals surface area contributed by atoms with Crippen molar-refractivity contribution in [1.82, 2.24) is 0 Å². The van der Waals surface area contributed by atoms with E-state index in [1.54, 1.807) is 6.07 Å². The van der Waals surface area contributed by atoms with E-state index in [1.807, 2.05) is 18.2 Å². The van der Waals surface area contributed by atoms with E-state index in [0.29, 0.717) is 11.4 Å². The van der Waals surface area contributed by atoms with Gasteiger partial charge in [0.1, 0.15) is 22.8 Å². The average Bonchev–Trinajstić information content (AvgIpc) is 2.90. The van der Waals surface area contributed by atoms with Gasteiger partial charge in [-0.05, 0) is 93.5 Å². The minimum absolute atomic E-state index is 0.118. The molecule has 1 aliphatic rings. The van der Waals surface area contributed by atoms with Crippen molar-refractivity contribution in [3.05, 3.63) is 47.0 Å². The van der Waals surface area contributed by atoms with Crippen molar-refractivity contribution in [2.24, 2.45) is 17.8 Å². The molecule has 0 aliphatic carbocycles. The molecule has 0 saturated carbocycles. The number of carbonyl (C=O) groups excluding carboxylic acids is 1. The predicted octanol–water partition coefficient (Wildman–Crippen LogP) is 10.8. The van der Waals surface area contributed by atoms with E-state index >= 15 is 0 Å². The van der Waals surface area contributed by atoms with Gasteiger partial charge in [-0.25, -0.2) is 4.79 Å².